The monoisotopic (exact) mass is 363 g/mol. The number of hydrogen-bond donors (Lipinski definition) is 1. The number of hydrogen-bond acceptors (Lipinski definition) is 4. The van der Waals surface area contributed by atoms with Gasteiger partial charge < -0.3 is 9.73 Å². The highest BCUT2D eigenvalue weighted by atomic mass is 19.1. The Morgan fingerprint density at radius 2 is 1.85 bits per heavy atom. The lowest BCUT2D eigenvalue weighted by Crippen LogP contribution is -2.31. The fourth-order valence-corrected chi connectivity index (χ4v) is 2.77. The van der Waals surface area contributed by atoms with E-state index < -0.39 is 11.3 Å². The smallest absolute Gasteiger partial charge is 0.276 e. The molecule has 2 heterocycles. The van der Waals surface area contributed by atoms with Gasteiger partial charge in [0.2, 0.25) is 5.43 Å². The van der Waals surface area contributed by atoms with Crippen LogP contribution in [0.25, 0.3) is 16.6 Å². The molecule has 0 aliphatic heterocycles. The van der Waals surface area contributed by atoms with Crippen molar-refractivity contribution >= 4 is 16.8 Å². The summed E-state index contributed by atoms with van der Waals surface area (Å²) in [6.45, 7) is 0.135. The molecule has 4 aromatic rings. The molecule has 0 fully saturated rings. The third kappa shape index (κ3) is 3.22. The average Bonchev–Trinajstić information content (AvgIpc) is 3.21. The number of nitrogens with zero attached hydrogens (tertiary/aromatic N) is 2. The maximum Gasteiger partial charge on any atom is 0.276 e. The molecule has 2 aromatic heterocycles. The molecule has 0 atom stereocenters. The van der Waals surface area contributed by atoms with Crippen LogP contribution in [0.1, 0.15) is 16.2 Å². The van der Waals surface area contributed by atoms with Gasteiger partial charge in [-0.3, -0.25) is 9.59 Å². The van der Waals surface area contributed by atoms with Crippen molar-refractivity contribution in [1.29, 1.82) is 0 Å². The number of aromatic nitrogens is 2. The van der Waals surface area contributed by atoms with Crippen LogP contribution in [0.2, 0.25) is 0 Å². The van der Waals surface area contributed by atoms with Crippen LogP contribution in [0.3, 0.4) is 0 Å². The summed E-state index contributed by atoms with van der Waals surface area (Å²) >= 11 is 0. The number of halogens is 1. The molecule has 0 saturated carbocycles. The molecule has 134 valence electrons. The molecule has 6 nitrogen and oxygen atoms in total. The minimum Gasteiger partial charge on any atom is -0.467 e. The number of amides is 1. The lowest BCUT2D eigenvalue weighted by atomic mass is 10.2. The minimum absolute atomic E-state index is 0.135. The van der Waals surface area contributed by atoms with Crippen molar-refractivity contribution in [1.82, 2.24) is 15.1 Å². The molecule has 0 saturated heterocycles. The van der Waals surface area contributed by atoms with Gasteiger partial charge in [-0.15, -0.1) is 0 Å². The number of furan rings is 1. The van der Waals surface area contributed by atoms with E-state index in [0.29, 0.717) is 22.4 Å². The maximum atomic E-state index is 13.3. The molecule has 2 aromatic carbocycles. The third-order valence-electron chi connectivity index (χ3n) is 4.08. The standard InChI is InChI=1S/C20H14FN3O3/c21-13-7-9-14(10-8-13)24-17-6-2-1-5-16(17)19(25)18(23-24)20(26)22-12-15-4-3-11-27-15/h1-11H,12H2,(H,22,26). The molecule has 0 aliphatic carbocycles. The van der Waals surface area contributed by atoms with Gasteiger partial charge in [0, 0.05) is 0 Å². The van der Waals surface area contributed by atoms with Crippen LogP contribution in [0.4, 0.5) is 4.39 Å². The number of para-hydroxylation sites is 1. The summed E-state index contributed by atoms with van der Waals surface area (Å²) in [6.07, 6.45) is 1.50. The van der Waals surface area contributed by atoms with Crippen molar-refractivity contribution in [3.8, 4) is 5.69 Å². The highest BCUT2D eigenvalue weighted by Gasteiger charge is 2.18. The second kappa shape index (κ2) is 6.87. The van der Waals surface area contributed by atoms with E-state index in [-0.39, 0.29) is 18.1 Å². The van der Waals surface area contributed by atoms with Crippen molar-refractivity contribution in [3.63, 3.8) is 0 Å². The quantitative estimate of drug-likeness (QED) is 0.605. The van der Waals surface area contributed by atoms with Gasteiger partial charge in [-0.2, -0.15) is 5.10 Å². The second-order valence-electron chi connectivity index (χ2n) is 5.85. The first-order valence-corrected chi connectivity index (χ1v) is 8.22. The Bertz CT molecular complexity index is 1170. The van der Waals surface area contributed by atoms with Crippen molar-refractivity contribution in [2.45, 2.75) is 6.54 Å². The fraction of sp³-hybridized carbons (Fsp3) is 0.0500. The predicted octanol–water partition coefficient (Wildman–Crippen LogP) is 3.05. The Morgan fingerprint density at radius 1 is 1.07 bits per heavy atom. The van der Waals surface area contributed by atoms with Crippen molar-refractivity contribution < 1.29 is 13.6 Å². The topological polar surface area (TPSA) is 77.1 Å². The van der Waals surface area contributed by atoms with Gasteiger partial charge in [-0.1, -0.05) is 12.1 Å². The predicted molar refractivity (Wildman–Crippen MR) is 97.2 cm³/mol. The summed E-state index contributed by atoms with van der Waals surface area (Å²) in [5.41, 5.74) is 0.342. The Kier molecular flexibility index (Phi) is 4.25. The number of carbonyl (C=O) groups is 1. The van der Waals surface area contributed by atoms with Crippen molar-refractivity contribution in [2.75, 3.05) is 0 Å². The molecular formula is C20H14FN3O3. The Balaban J connectivity index is 1.81. The van der Waals surface area contributed by atoms with Crippen LogP contribution in [0, 0.1) is 5.82 Å². The first kappa shape index (κ1) is 16.7. The fourth-order valence-electron chi connectivity index (χ4n) is 2.77. The summed E-state index contributed by atoms with van der Waals surface area (Å²) in [7, 11) is 0. The van der Waals surface area contributed by atoms with E-state index in [2.05, 4.69) is 10.4 Å². The summed E-state index contributed by atoms with van der Waals surface area (Å²) in [4.78, 5) is 25.3. The van der Waals surface area contributed by atoms with E-state index in [1.807, 2.05) is 0 Å². The summed E-state index contributed by atoms with van der Waals surface area (Å²) in [6, 6.07) is 15.9. The zero-order chi connectivity index (χ0) is 18.8. The molecule has 0 unspecified atom stereocenters. The Morgan fingerprint density at radius 3 is 2.59 bits per heavy atom. The van der Waals surface area contributed by atoms with Crippen LogP contribution >= 0.6 is 0 Å². The van der Waals surface area contributed by atoms with Gasteiger partial charge in [-0.05, 0) is 48.5 Å². The first-order chi connectivity index (χ1) is 13.1. The molecule has 0 spiro atoms. The van der Waals surface area contributed by atoms with Gasteiger partial charge in [0.25, 0.3) is 5.91 Å². The van der Waals surface area contributed by atoms with Crippen LogP contribution in [-0.2, 0) is 6.54 Å². The molecular weight excluding hydrogens is 349 g/mol. The van der Waals surface area contributed by atoms with E-state index in [4.69, 9.17) is 4.42 Å². The largest absolute Gasteiger partial charge is 0.467 e. The number of nitrogens with one attached hydrogen (secondary N) is 1. The van der Waals surface area contributed by atoms with Gasteiger partial charge >= 0.3 is 0 Å². The van der Waals surface area contributed by atoms with Gasteiger partial charge in [0.1, 0.15) is 11.6 Å². The van der Waals surface area contributed by atoms with Crippen LogP contribution in [-0.4, -0.2) is 15.7 Å². The molecule has 27 heavy (non-hydrogen) atoms. The average molecular weight is 363 g/mol. The molecule has 4 rings (SSSR count). The Hall–Kier alpha value is -3.74. The number of rotatable bonds is 4. The van der Waals surface area contributed by atoms with E-state index in [0.717, 1.165) is 0 Å². The Labute approximate surface area is 152 Å². The number of fused-ring (bicyclic) bond motifs is 1. The van der Waals surface area contributed by atoms with Crippen LogP contribution < -0.4 is 10.7 Å². The zero-order valence-corrected chi connectivity index (χ0v) is 14.1. The lowest BCUT2D eigenvalue weighted by molar-refractivity contribution is 0.0940. The molecule has 1 N–H and O–H groups in total. The third-order valence-corrected chi connectivity index (χ3v) is 4.08. The molecule has 0 aliphatic rings. The van der Waals surface area contributed by atoms with Crippen LogP contribution in [0.5, 0.6) is 0 Å². The molecule has 7 heteroatoms. The van der Waals surface area contributed by atoms with E-state index in [1.54, 1.807) is 36.4 Å². The highest BCUT2D eigenvalue weighted by molar-refractivity contribution is 5.95. The van der Waals surface area contributed by atoms with Crippen molar-refractivity contribution in [3.05, 3.63) is 94.4 Å². The van der Waals surface area contributed by atoms with E-state index in [1.165, 1.54) is 35.2 Å². The first-order valence-electron chi connectivity index (χ1n) is 8.22. The van der Waals surface area contributed by atoms with Gasteiger partial charge in [0.15, 0.2) is 5.69 Å². The summed E-state index contributed by atoms with van der Waals surface area (Å²) in [5, 5.41) is 7.21. The van der Waals surface area contributed by atoms with Gasteiger partial charge in [0.05, 0.1) is 29.4 Å². The number of benzene rings is 2. The maximum absolute atomic E-state index is 13.3. The van der Waals surface area contributed by atoms with Crippen molar-refractivity contribution in [2.24, 2.45) is 0 Å². The molecule has 1 amide bonds. The minimum atomic E-state index is -0.613. The SMILES string of the molecule is O=C(NCc1ccco1)c1nn(-c2ccc(F)cc2)c2ccccc2c1=O. The van der Waals surface area contributed by atoms with E-state index in [9.17, 15) is 14.0 Å². The zero-order valence-electron chi connectivity index (χ0n) is 14.1. The van der Waals surface area contributed by atoms with Crippen LogP contribution in [0.15, 0.2) is 76.1 Å². The number of carbonyl (C=O) groups excluding carboxylic acids is 1. The summed E-state index contributed by atoms with van der Waals surface area (Å²) < 4.78 is 19.9. The van der Waals surface area contributed by atoms with E-state index >= 15 is 0 Å². The summed E-state index contributed by atoms with van der Waals surface area (Å²) in [5.74, 6) is -0.443. The van der Waals surface area contributed by atoms with Gasteiger partial charge in [-0.25, -0.2) is 9.07 Å². The normalized spacial score (nSPS) is 10.9. The highest BCUT2D eigenvalue weighted by Crippen LogP contribution is 2.16. The second-order valence-corrected chi connectivity index (χ2v) is 5.85. The molecule has 0 radical (unpaired) electrons. The lowest BCUT2D eigenvalue weighted by Gasteiger charge is -2.12. The molecule has 0 bridgehead atoms.